The Morgan fingerprint density at radius 1 is 0.377 bits per heavy atom. The smallest absolute Gasteiger partial charge is 0.333 e. The lowest BCUT2D eigenvalue weighted by Gasteiger charge is -2.11. The number of unbranched alkanes of at least 4 members (excludes halogenated alkanes) is 6. The van der Waals surface area contributed by atoms with E-state index < -0.39 is 0 Å². The van der Waals surface area contributed by atoms with Crippen LogP contribution in [0.25, 0.3) is 0 Å². The molecule has 0 aliphatic carbocycles. The molecule has 0 N–H and O–H groups in total. The lowest BCUT2D eigenvalue weighted by Crippen LogP contribution is -2.06. The van der Waals surface area contributed by atoms with Gasteiger partial charge < -0.3 is 33.2 Å². The Morgan fingerprint density at radius 2 is 0.604 bits per heavy atom. The minimum absolute atomic E-state index is 0.331. The van der Waals surface area contributed by atoms with Crippen LogP contribution in [0.2, 0.25) is 0 Å². The quantitative estimate of drug-likeness (QED) is 0.0397. The number of hydrogen-bond donors (Lipinski definition) is 0. The molecule has 0 saturated carbocycles. The predicted octanol–water partition coefficient (Wildman–Crippen LogP) is 11.2. The third kappa shape index (κ3) is 15.6. The third-order valence-electron chi connectivity index (χ3n) is 7.78. The molecule has 0 fully saturated rings. The van der Waals surface area contributed by atoms with Crippen LogP contribution >= 0.6 is 0 Å². The van der Waals surface area contributed by atoms with Gasteiger partial charge in [-0.05, 0) is 162 Å². The maximum absolute atomic E-state index is 11.4. The van der Waals surface area contributed by atoms with Crippen LogP contribution in [0.1, 0.15) is 65.2 Å². The molecular formula is C44H50O9. The number of rotatable bonds is 24. The summed E-state index contributed by atoms with van der Waals surface area (Å²) in [5.74, 6) is 5.07. The second kappa shape index (κ2) is 22.3. The highest BCUT2D eigenvalue weighted by atomic mass is 16.5. The Bertz CT molecular complexity index is 1580. The number of carbonyl (C=O) groups excluding carboxylic acids is 2. The number of hydrogen-bond acceptors (Lipinski definition) is 9. The van der Waals surface area contributed by atoms with Gasteiger partial charge in [-0.25, -0.2) is 9.59 Å². The van der Waals surface area contributed by atoms with Gasteiger partial charge in [-0.3, -0.25) is 0 Å². The Morgan fingerprint density at radius 3 is 0.849 bits per heavy atom. The van der Waals surface area contributed by atoms with Crippen molar-refractivity contribution in [1.29, 1.82) is 0 Å². The van der Waals surface area contributed by atoms with Crippen molar-refractivity contribution >= 4 is 11.9 Å². The van der Waals surface area contributed by atoms with Crippen molar-refractivity contribution in [3.8, 4) is 46.0 Å². The summed E-state index contributed by atoms with van der Waals surface area (Å²) in [5, 5.41) is 0. The van der Waals surface area contributed by atoms with E-state index in [2.05, 4.69) is 13.2 Å². The van der Waals surface area contributed by atoms with Crippen molar-refractivity contribution in [1.82, 2.24) is 0 Å². The molecule has 53 heavy (non-hydrogen) atoms. The number of benzene rings is 4. The maximum atomic E-state index is 11.4. The average Bonchev–Trinajstić information content (AvgIpc) is 3.16. The molecule has 0 saturated heterocycles. The SMILES string of the molecule is C=C(C)C(=O)OCCCCCCOc1ccc(Oc2ccc(Oc3ccc(Oc4ccc(OCCCCCCOC(=O)C(=C)C)cc4)cc3)cc2)cc1. The average molecular weight is 723 g/mol. The van der Waals surface area contributed by atoms with Crippen molar-refractivity contribution in [2.45, 2.75) is 65.2 Å². The van der Waals surface area contributed by atoms with Gasteiger partial charge in [0, 0.05) is 11.1 Å². The number of esters is 2. The summed E-state index contributed by atoms with van der Waals surface area (Å²) >= 11 is 0. The molecule has 0 unspecified atom stereocenters. The zero-order valence-corrected chi connectivity index (χ0v) is 30.8. The van der Waals surface area contributed by atoms with Crippen LogP contribution in [0.5, 0.6) is 46.0 Å². The maximum Gasteiger partial charge on any atom is 0.333 e. The van der Waals surface area contributed by atoms with E-state index in [1.807, 2.05) is 97.1 Å². The molecule has 0 spiro atoms. The van der Waals surface area contributed by atoms with Gasteiger partial charge in [-0.2, -0.15) is 0 Å². The first-order valence-corrected chi connectivity index (χ1v) is 18.1. The fraction of sp³-hybridized carbons (Fsp3) is 0.318. The number of ether oxygens (including phenoxy) is 7. The molecular weight excluding hydrogens is 672 g/mol. The summed E-state index contributed by atoms with van der Waals surface area (Å²) in [6, 6.07) is 29.9. The van der Waals surface area contributed by atoms with Crippen LogP contribution in [0.4, 0.5) is 0 Å². The molecule has 4 aromatic carbocycles. The third-order valence-corrected chi connectivity index (χ3v) is 7.78. The molecule has 280 valence electrons. The number of carbonyl (C=O) groups is 2. The van der Waals surface area contributed by atoms with E-state index in [1.165, 1.54) is 0 Å². The summed E-state index contributed by atoms with van der Waals surface area (Å²) < 4.78 is 39.9. The zero-order chi connectivity index (χ0) is 37.7. The fourth-order valence-corrected chi connectivity index (χ4v) is 4.84. The Labute approximate surface area is 313 Å². The van der Waals surface area contributed by atoms with Crippen molar-refractivity contribution < 1.29 is 42.7 Å². The molecule has 0 amide bonds. The van der Waals surface area contributed by atoms with Gasteiger partial charge in [0.2, 0.25) is 0 Å². The van der Waals surface area contributed by atoms with Crippen LogP contribution in [-0.2, 0) is 19.1 Å². The minimum atomic E-state index is -0.331. The van der Waals surface area contributed by atoms with Crippen molar-refractivity contribution in [2.24, 2.45) is 0 Å². The van der Waals surface area contributed by atoms with Crippen molar-refractivity contribution in [3.05, 3.63) is 121 Å². The van der Waals surface area contributed by atoms with E-state index in [0.29, 0.717) is 72.1 Å². The lowest BCUT2D eigenvalue weighted by molar-refractivity contribution is -0.139. The van der Waals surface area contributed by atoms with Crippen LogP contribution < -0.4 is 23.7 Å². The van der Waals surface area contributed by atoms with Crippen LogP contribution in [-0.4, -0.2) is 38.4 Å². The molecule has 0 bridgehead atoms. The van der Waals surface area contributed by atoms with E-state index >= 15 is 0 Å². The highest BCUT2D eigenvalue weighted by Crippen LogP contribution is 2.30. The molecule has 0 aromatic heterocycles. The molecule has 0 radical (unpaired) electrons. The molecule has 9 heteroatoms. The van der Waals surface area contributed by atoms with Crippen molar-refractivity contribution in [2.75, 3.05) is 26.4 Å². The van der Waals surface area contributed by atoms with Gasteiger partial charge in [0.1, 0.15) is 46.0 Å². The molecule has 4 rings (SSSR count). The van der Waals surface area contributed by atoms with Gasteiger partial charge in [-0.1, -0.05) is 13.2 Å². The van der Waals surface area contributed by atoms with E-state index in [0.717, 1.165) is 62.9 Å². The Hall–Kier alpha value is -5.70. The second-order valence-electron chi connectivity index (χ2n) is 12.5. The highest BCUT2D eigenvalue weighted by Gasteiger charge is 2.06. The Kier molecular flexibility index (Phi) is 16.8. The summed E-state index contributed by atoms with van der Waals surface area (Å²) in [7, 11) is 0. The molecule has 9 nitrogen and oxygen atoms in total. The standard InChI is InChI=1S/C44H50O9/c1-33(2)43(45)49-31-11-7-5-9-29-47-35-13-17-37(18-14-35)51-39-21-25-41(26-22-39)53-42-27-23-40(24-28-42)52-38-19-15-36(16-20-38)48-30-10-6-8-12-32-50-44(46)34(3)4/h13-28H,1,3,5-12,29-32H2,2,4H3. The van der Waals surface area contributed by atoms with Gasteiger partial charge in [0.15, 0.2) is 0 Å². The van der Waals surface area contributed by atoms with Gasteiger partial charge in [0.05, 0.1) is 26.4 Å². The highest BCUT2D eigenvalue weighted by molar-refractivity contribution is 5.87. The lowest BCUT2D eigenvalue weighted by atomic mass is 10.2. The summed E-state index contributed by atoms with van der Waals surface area (Å²) in [6.45, 7) is 12.5. The minimum Gasteiger partial charge on any atom is -0.494 e. The predicted molar refractivity (Wildman–Crippen MR) is 205 cm³/mol. The van der Waals surface area contributed by atoms with E-state index in [-0.39, 0.29) is 11.9 Å². The zero-order valence-electron chi connectivity index (χ0n) is 30.8. The Balaban J connectivity index is 1.09. The normalized spacial score (nSPS) is 10.5. The fourth-order valence-electron chi connectivity index (χ4n) is 4.84. The van der Waals surface area contributed by atoms with E-state index in [1.54, 1.807) is 13.8 Å². The summed E-state index contributed by atoms with van der Waals surface area (Å²) in [4.78, 5) is 22.8. The van der Waals surface area contributed by atoms with Gasteiger partial charge >= 0.3 is 11.9 Å². The van der Waals surface area contributed by atoms with Gasteiger partial charge in [0.25, 0.3) is 0 Å². The first kappa shape index (κ1) is 40.1. The van der Waals surface area contributed by atoms with Gasteiger partial charge in [-0.15, -0.1) is 0 Å². The van der Waals surface area contributed by atoms with E-state index in [9.17, 15) is 9.59 Å². The first-order chi connectivity index (χ1) is 25.7. The molecule has 0 atom stereocenters. The van der Waals surface area contributed by atoms with Crippen molar-refractivity contribution in [3.63, 3.8) is 0 Å². The topological polar surface area (TPSA) is 98.8 Å². The monoisotopic (exact) mass is 722 g/mol. The summed E-state index contributed by atoms with van der Waals surface area (Å²) in [6.07, 6.45) is 7.47. The largest absolute Gasteiger partial charge is 0.494 e. The molecule has 0 heterocycles. The first-order valence-electron chi connectivity index (χ1n) is 18.1. The molecule has 0 aliphatic heterocycles. The van der Waals surface area contributed by atoms with Crippen LogP contribution in [0, 0.1) is 0 Å². The van der Waals surface area contributed by atoms with Crippen LogP contribution in [0.3, 0.4) is 0 Å². The van der Waals surface area contributed by atoms with Crippen LogP contribution in [0.15, 0.2) is 121 Å². The molecule has 0 aliphatic rings. The molecule has 4 aromatic rings. The van der Waals surface area contributed by atoms with E-state index in [4.69, 9.17) is 33.2 Å². The summed E-state index contributed by atoms with van der Waals surface area (Å²) in [5.41, 5.74) is 0.850. The second-order valence-corrected chi connectivity index (χ2v) is 12.5.